The highest BCUT2D eigenvalue weighted by molar-refractivity contribution is 7.99. The van der Waals surface area contributed by atoms with E-state index in [2.05, 4.69) is 54.5 Å². The molecule has 1 aromatic heterocycles. The number of carbonyl (C=O) groups is 1. The summed E-state index contributed by atoms with van der Waals surface area (Å²) in [5.74, 6) is 0.713. The summed E-state index contributed by atoms with van der Waals surface area (Å²) in [4.78, 5) is 22.1. The fourth-order valence-corrected chi connectivity index (χ4v) is 5.79. The summed E-state index contributed by atoms with van der Waals surface area (Å²) in [5, 5.41) is 1.03. The number of hydrogen-bond acceptors (Lipinski definition) is 4. The molecule has 2 aliphatic rings. The number of piperazine rings is 1. The summed E-state index contributed by atoms with van der Waals surface area (Å²) in [6.45, 7) is 9.77. The molecule has 1 aromatic carbocycles. The van der Waals surface area contributed by atoms with Gasteiger partial charge < -0.3 is 14.4 Å². The van der Waals surface area contributed by atoms with Crippen molar-refractivity contribution in [2.75, 3.05) is 36.8 Å². The Labute approximate surface area is 184 Å². The maximum atomic E-state index is 12.9. The zero-order chi connectivity index (χ0) is 21.1. The number of hydrogen-bond donors (Lipinski definition) is 0. The van der Waals surface area contributed by atoms with Crippen LogP contribution in [0, 0.1) is 20.8 Å². The van der Waals surface area contributed by atoms with Crippen LogP contribution in [0.5, 0.6) is 0 Å². The zero-order valence-corrected chi connectivity index (χ0v) is 19.4. The number of aryl methyl sites for hydroxylation is 2. The van der Waals surface area contributed by atoms with E-state index in [9.17, 15) is 4.79 Å². The van der Waals surface area contributed by atoms with Gasteiger partial charge in [-0.15, -0.1) is 0 Å². The monoisotopic (exact) mass is 426 g/mol. The molecule has 2 fully saturated rings. The predicted molar refractivity (Wildman–Crippen MR) is 125 cm³/mol. The Morgan fingerprint density at radius 3 is 2.50 bits per heavy atom. The second-order valence-corrected chi connectivity index (χ2v) is 9.67. The van der Waals surface area contributed by atoms with E-state index < -0.39 is 0 Å². The van der Waals surface area contributed by atoms with Crippen molar-refractivity contribution in [3.05, 3.63) is 41.2 Å². The van der Waals surface area contributed by atoms with Gasteiger partial charge in [0.25, 0.3) is 0 Å². The number of carbonyl (C=O) groups excluding carboxylic acids is 1. The Morgan fingerprint density at radius 2 is 1.80 bits per heavy atom. The fraction of sp³-hybridized carbons (Fsp3) is 0.583. The summed E-state index contributed by atoms with van der Waals surface area (Å²) in [6.07, 6.45) is 6.42. The topological polar surface area (TPSA) is 41.4 Å². The predicted octanol–water partition coefficient (Wildman–Crippen LogP) is 4.75. The van der Waals surface area contributed by atoms with Gasteiger partial charge in [-0.3, -0.25) is 4.79 Å². The first kappa shape index (κ1) is 21.3. The van der Waals surface area contributed by atoms with Crippen LogP contribution in [0.4, 0.5) is 5.69 Å². The minimum absolute atomic E-state index is 0.234. The van der Waals surface area contributed by atoms with E-state index in [1.54, 1.807) is 11.8 Å². The molecule has 0 atom stereocenters. The molecule has 5 nitrogen and oxygen atoms in total. The lowest BCUT2D eigenvalue weighted by Gasteiger charge is -2.36. The molecular formula is C24H34N4OS. The van der Waals surface area contributed by atoms with E-state index in [4.69, 9.17) is 4.98 Å². The molecule has 2 heterocycles. The SMILES string of the molecule is Cc1cccc(N2CCN(C(=O)CSc3nc(C)c(C)n3C3CCCCC3)CC2)c1. The Morgan fingerprint density at radius 1 is 1.07 bits per heavy atom. The third-order valence-corrected chi connectivity index (χ3v) is 7.56. The van der Waals surface area contributed by atoms with Gasteiger partial charge in [0.2, 0.25) is 5.91 Å². The molecule has 0 spiro atoms. The van der Waals surface area contributed by atoms with Gasteiger partial charge in [-0.2, -0.15) is 0 Å². The Balaban J connectivity index is 1.34. The minimum atomic E-state index is 0.234. The lowest BCUT2D eigenvalue weighted by molar-refractivity contribution is -0.128. The smallest absolute Gasteiger partial charge is 0.233 e. The number of benzene rings is 1. The van der Waals surface area contributed by atoms with Crippen LogP contribution in [0.15, 0.2) is 29.4 Å². The standard InChI is InChI=1S/C24H34N4OS/c1-18-8-7-11-22(16-18)26-12-14-27(15-13-26)23(29)17-30-24-25-19(2)20(3)28(24)21-9-5-4-6-10-21/h7-8,11,16,21H,4-6,9-10,12-15,17H2,1-3H3. The molecule has 2 aromatic rings. The normalized spacial score (nSPS) is 18.1. The third kappa shape index (κ3) is 4.69. The minimum Gasteiger partial charge on any atom is -0.368 e. The number of aromatic nitrogens is 2. The zero-order valence-electron chi connectivity index (χ0n) is 18.6. The fourth-order valence-electron chi connectivity index (χ4n) is 4.72. The maximum Gasteiger partial charge on any atom is 0.233 e. The van der Waals surface area contributed by atoms with Gasteiger partial charge in [0, 0.05) is 43.6 Å². The van der Waals surface area contributed by atoms with Crippen LogP contribution >= 0.6 is 11.8 Å². The molecule has 1 amide bonds. The molecule has 4 rings (SSSR count). The Hall–Kier alpha value is -1.95. The average Bonchev–Trinajstić information content (AvgIpc) is 3.06. The summed E-state index contributed by atoms with van der Waals surface area (Å²) >= 11 is 1.62. The average molecular weight is 427 g/mol. The van der Waals surface area contributed by atoms with Gasteiger partial charge in [0.1, 0.15) is 0 Å². The van der Waals surface area contributed by atoms with E-state index in [0.717, 1.165) is 37.0 Å². The van der Waals surface area contributed by atoms with Crippen LogP contribution in [-0.4, -0.2) is 52.3 Å². The number of nitrogens with zero attached hydrogens (tertiary/aromatic N) is 4. The molecule has 1 aliphatic heterocycles. The summed E-state index contributed by atoms with van der Waals surface area (Å²) in [6, 6.07) is 9.17. The highest BCUT2D eigenvalue weighted by atomic mass is 32.2. The Kier molecular flexibility index (Phi) is 6.71. The summed E-state index contributed by atoms with van der Waals surface area (Å²) < 4.78 is 2.42. The molecule has 0 bridgehead atoms. The molecule has 0 unspecified atom stereocenters. The molecule has 162 valence electrons. The van der Waals surface area contributed by atoms with E-state index >= 15 is 0 Å². The summed E-state index contributed by atoms with van der Waals surface area (Å²) in [7, 11) is 0. The van der Waals surface area contributed by atoms with Gasteiger partial charge in [-0.05, 0) is 51.3 Å². The molecule has 0 N–H and O–H groups in total. The van der Waals surface area contributed by atoms with Crippen molar-refractivity contribution in [3.63, 3.8) is 0 Å². The van der Waals surface area contributed by atoms with Gasteiger partial charge in [0.05, 0.1) is 11.4 Å². The molecule has 1 saturated heterocycles. The van der Waals surface area contributed by atoms with E-state index in [1.165, 1.54) is 49.0 Å². The van der Waals surface area contributed by atoms with Gasteiger partial charge in [-0.1, -0.05) is 43.2 Å². The van der Waals surface area contributed by atoms with Crippen LogP contribution in [0.25, 0.3) is 0 Å². The molecular weight excluding hydrogens is 392 g/mol. The quantitative estimate of drug-likeness (QED) is 0.647. The highest BCUT2D eigenvalue weighted by Crippen LogP contribution is 2.34. The third-order valence-electron chi connectivity index (χ3n) is 6.62. The molecule has 6 heteroatoms. The van der Waals surface area contributed by atoms with Gasteiger partial charge in [-0.25, -0.2) is 4.98 Å². The van der Waals surface area contributed by atoms with E-state index in [-0.39, 0.29) is 5.91 Å². The first-order valence-corrected chi connectivity index (χ1v) is 12.3. The van der Waals surface area contributed by atoms with Crippen molar-refractivity contribution in [2.24, 2.45) is 0 Å². The van der Waals surface area contributed by atoms with Crippen LogP contribution in [0.1, 0.15) is 55.1 Å². The van der Waals surface area contributed by atoms with Crippen molar-refractivity contribution in [3.8, 4) is 0 Å². The van der Waals surface area contributed by atoms with E-state index in [0.29, 0.717) is 11.8 Å². The maximum absolute atomic E-state index is 12.9. The van der Waals surface area contributed by atoms with Crippen molar-refractivity contribution in [1.29, 1.82) is 0 Å². The molecule has 1 aliphatic carbocycles. The van der Waals surface area contributed by atoms with Crippen LogP contribution in [0.2, 0.25) is 0 Å². The lowest BCUT2D eigenvalue weighted by atomic mass is 9.95. The van der Waals surface area contributed by atoms with Crippen LogP contribution in [-0.2, 0) is 4.79 Å². The second kappa shape index (κ2) is 9.46. The van der Waals surface area contributed by atoms with Crippen LogP contribution in [0.3, 0.4) is 0 Å². The van der Waals surface area contributed by atoms with Crippen molar-refractivity contribution >= 4 is 23.4 Å². The lowest BCUT2D eigenvalue weighted by Crippen LogP contribution is -2.49. The van der Waals surface area contributed by atoms with Crippen molar-refractivity contribution in [2.45, 2.75) is 64.1 Å². The summed E-state index contributed by atoms with van der Waals surface area (Å²) in [5.41, 5.74) is 4.91. The van der Waals surface area contributed by atoms with E-state index in [1.807, 2.05) is 4.90 Å². The van der Waals surface area contributed by atoms with Crippen molar-refractivity contribution < 1.29 is 4.79 Å². The molecule has 1 saturated carbocycles. The second-order valence-electron chi connectivity index (χ2n) is 8.72. The number of anilines is 1. The van der Waals surface area contributed by atoms with Gasteiger partial charge >= 0.3 is 0 Å². The van der Waals surface area contributed by atoms with Crippen LogP contribution < -0.4 is 4.90 Å². The number of rotatable bonds is 5. The molecule has 30 heavy (non-hydrogen) atoms. The van der Waals surface area contributed by atoms with Crippen molar-refractivity contribution in [1.82, 2.24) is 14.5 Å². The number of amides is 1. The number of thioether (sulfide) groups is 1. The number of imidazole rings is 1. The largest absolute Gasteiger partial charge is 0.368 e. The Bertz CT molecular complexity index is 879. The highest BCUT2D eigenvalue weighted by Gasteiger charge is 2.25. The first-order chi connectivity index (χ1) is 14.5. The molecule has 0 radical (unpaired) electrons. The first-order valence-electron chi connectivity index (χ1n) is 11.3. The van der Waals surface area contributed by atoms with Gasteiger partial charge in [0.15, 0.2) is 5.16 Å².